The zero-order valence-corrected chi connectivity index (χ0v) is 9.17. The summed E-state index contributed by atoms with van der Waals surface area (Å²) in [5, 5.41) is 3.40. The minimum absolute atomic E-state index is 0.230. The molecule has 2 nitrogen and oxygen atoms in total. The molecular formula is C12H18N2. The van der Waals surface area contributed by atoms with E-state index in [9.17, 15) is 0 Å². The molecule has 0 aliphatic carbocycles. The highest BCUT2D eigenvalue weighted by Gasteiger charge is 2.12. The molecule has 1 rings (SSSR count). The second-order valence-corrected chi connectivity index (χ2v) is 3.52. The Hall–Kier alpha value is -1.15. The molecule has 76 valence electrons. The molecule has 0 aromatic carbocycles. The quantitative estimate of drug-likeness (QED) is 0.738. The van der Waals surface area contributed by atoms with E-state index in [4.69, 9.17) is 0 Å². The summed E-state index contributed by atoms with van der Waals surface area (Å²) in [7, 11) is 0. The van der Waals surface area contributed by atoms with E-state index >= 15 is 0 Å². The highest BCUT2D eigenvalue weighted by atomic mass is 14.9. The van der Waals surface area contributed by atoms with E-state index in [2.05, 4.69) is 29.9 Å². The van der Waals surface area contributed by atoms with Crippen molar-refractivity contribution in [1.29, 1.82) is 0 Å². The number of nitrogens with one attached hydrogen (secondary N) is 1. The Kier molecular flexibility index (Phi) is 3.84. The zero-order chi connectivity index (χ0) is 10.6. The van der Waals surface area contributed by atoms with Crippen molar-refractivity contribution in [1.82, 2.24) is 10.3 Å². The molecule has 2 heteroatoms. The summed E-state index contributed by atoms with van der Waals surface area (Å²) >= 11 is 0. The van der Waals surface area contributed by atoms with E-state index in [1.165, 1.54) is 5.56 Å². The van der Waals surface area contributed by atoms with Crippen molar-refractivity contribution in [3.05, 3.63) is 41.7 Å². The first-order valence-electron chi connectivity index (χ1n) is 4.97. The summed E-state index contributed by atoms with van der Waals surface area (Å²) in [6, 6.07) is 4.30. The topological polar surface area (TPSA) is 24.9 Å². The lowest BCUT2D eigenvalue weighted by Crippen LogP contribution is -2.22. The van der Waals surface area contributed by atoms with Crippen LogP contribution in [-0.2, 0) is 0 Å². The molecule has 1 heterocycles. The molecule has 0 bridgehead atoms. The standard InChI is InChI=1S/C12H18N2/c1-5-13-12(9(2)3)11-7-6-8-14-10(11)4/h6-8,12-13H,2,5H2,1,3-4H3. The number of hydrogen-bond acceptors (Lipinski definition) is 2. The third kappa shape index (κ3) is 2.42. The van der Waals surface area contributed by atoms with Gasteiger partial charge in [-0.2, -0.15) is 0 Å². The Morgan fingerprint density at radius 2 is 2.36 bits per heavy atom. The van der Waals surface area contributed by atoms with Crippen LogP contribution in [-0.4, -0.2) is 11.5 Å². The Labute approximate surface area is 86.1 Å². The number of hydrogen-bond donors (Lipinski definition) is 1. The number of rotatable bonds is 4. The second kappa shape index (κ2) is 4.91. The maximum absolute atomic E-state index is 4.28. The minimum Gasteiger partial charge on any atom is -0.307 e. The van der Waals surface area contributed by atoms with Gasteiger partial charge in [0.2, 0.25) is 0 Å². The van der Waals surface area contributed by atoms with Crippen LogP contribution in [0.15, 0.2) is 30.5 Å². The second-order valence-electron chi connectivity index (χ2n) is 3.52. The molecule has 0 saturated heterocycles. The van der Waals surface area contributed by atoms with E-state index in [1.54, 1.807) is 0 Å². The summed E-state index contributed by atoms with van der Waals surface area (Å²) in [6.07, 6.45) is 1.82. The summed E-state index contributed by atoms with van der Waals surface area (Å²) in [5.74, 6) is 0. The Morgan fingerprint density at radius 1 is 1.64 bits per heavy atom. The number of pyridine rings is 1. The normalized spacial score (nSPS) is 12.5. The molecule has 0 spiro atoms. The van der Waals surface area contributed by atoms with Gasteiger partial charge in [-0.15, -0.1) is 0 Å². The molecule has 0 aliphatic heterocycles. The fourth-order valence-corrected chi connectivity index (χ4v) is 1.56. The number of aryl methyl sites for hydroxylation is 1. The first-order chi connectivity index (χ1) is 6.66. The lowest BCUT2D eigenvalue weighted by molar-refractivity contribution is 0.616. The molecule has 0 amide bonds. The van der Waals surface area contributed by atoms with E-state index in [0.29, 0.717) is 0 Å². The monoisotopic (exact) mass is 190 g/mol. The average molecular weight is 190 g/mol. The van der Waals surface area contributed by atoms with Crippen LogP contribution in [0.25, 0.3) is 0 Å². The van der Waals surface area contributed by atoms with E-state index in [-0.39, 0.29) is 6.04 Å². The van der Waals surface area contributed by atoms with Gasteiger partial charge in [0.15, 0.2) is 0 Å². The Bertz CT molecular complexity index is 318. The van der Waals surface area contributed by atoms with Gasteiger partial charge in [0, 0.05) is 11.9 Å². The summed E-state index contributed by atoms with van der Waals surface area (Å²) in [6.45, 7) is 11.1. The van der Waals surface area contributed by atoms with Gasteiger partial charge in [0.05, 0.1) is 6.04 Å². The SMILES string of the molecule is C=C(C)C(NCC)c1cccnc1C. The van der Waals surface area contributed by atoms with Crippen LogP contribution in [0.3, 0.4) is 0 Å². The molecule has 0 saturated carbocycles. The van der Waals surface area contributed by atoms with Crippen LogP contribution < -0.4 is 5.32 Å². The van der Waals surface area contributed by atoms with E-state index in [1.807, 2.05) is 26.1 Å². The predicted octanol–water partition coefficient (Wildman–Crippen LogP) is 2.62. The van der Waals surface area contributed by atoms with Gasteiger partial charge < -0.3 is 5.32 Å². The molecule has 0 radical (unpaired) electrons. The predicted molar refractivity (Wildman–Crippen MR) is 60.2 cm³/mol. The summed E-state index contributed by atoms with van der Waals surface area (Å²) in [5.41, 5.74) is 3.42. The highest BCUT2D eigenvalue weighted by molar-refractivity contribution is 5.28. The van der Waals surface area contributed by atoms with Crippen molar-refractivity contribution in [2.75, 3.05) is 6.54 Å². The van der Waals surface area contributed by atoms with Crippen molar-refractivity contribution < 1.29 is 0 Å². The van der Waals surface area contributed by atoms with Gasteiger partial charge in [-0.25, -0.2) is 0 Å². The van der Waals surface area contributed by atoms with Crippen LogP contribution in [0.2, 0.25) is 0 Å². The molecule has 14 heavy (non-hydrogen) atoms. The van der Waals surface area contributed by atoms with Crippen LogP contribution in [0.4, 0.5) is 0 Å². The van der Waals surface area contributed by atoms with Crippen molar-refractivity contribution in [3.8, 4) is 0 Å². The molecule has 1 unspecified atom stereocenters. The van der Waals surface area contributed by atoms with Crippen LogP contribution in [0.5, 0.6) is 0 Å². The van der Waals surface area contributed by atoms with Crippen LogP contribution in [0.1, 0.15) is 31.1 Å². The zero-order valence-electron chi connectivity index (χ0n) is 9.17. The average Bonchev–Trinajstić information content (AvgIpc) is 2.15. The molecule has 0 aliphatic rings. The molecular weight excluding hydrogens is 172 g/mol. The van der Waals surface area contributed by atoms with Crippen molar-refractivity contribution in [3.63, 3.8) is 0 Å². The van der Waals surface area contributed by atoms with E-state index in [0.717, 1.165) is 17.8 Å². The van der Waals surface area contributed by atoms with E-state index < -0.39 is 0 Å². The minimum atomic E-state index is 0.230. The largest absolute Gasteiger partial charge is 0.307 e. The smallest absolute Gasteiger partial charge is 0.0548 e. The van der Waals surface area contributed by atoms with Gasteiger partial charge in [-0.1, -0.05) is 25.1 Å². The maximum atomic E-state index is 4.28. The van der Waals surface area contributed by atoms with Crippen LogP contribution >= 0.6 is 0 Å². The summed E-state index contributed by atoms with van der Waals surface area (Å²) < 4.78 is 0. The molecule has 1 aromatic rings. The van der Waals surface area contributed by atoms with Crippen molar-refractivity contribution in [2.24, 2.45) is 0 Å². The number of nitrogens with zero attached hydrogens (tertiary/aromatic N) is 1. The fourth-order valence-electron chi connectivity index (χ4n) is 1.56. The van der Waals surface area contributed by atoms with Gasteiger partial charge in [0.25, 0.3) is 0 Å². The fraction of sp³-hybridized carbons (Fsp3) is 0.417. The maximum Gasteiger partial charge on any atom is 0.0548 e. The lowest BCUT2D eigenvalue weighted by atomic mass is 10.00. The first-order valence-corrected chi connectivity index (χ1v) is 4.97. The van der Waals surface area contributed by atoms with Gasteiger partial charge in [0.1, 0.15) is 0 Å². The number of likely N-dealkylation sites (N-methyl/N-ethyl adjacent to an activating group) is 1. The molecule has 1 atom stereocenters. The highest BCUT2D eigenvalue weighted by Crippen LogP contribution is 2.21. The third-order valence-electron chi connectivity index (χ3n) is 2.26. The Morgan fingerprint density at radius 3 is 2.86 bits per heavy atom. The third-order valence-corrected chi connectivity index (χ3v) is 2.26. The van der Waals surface area contributed by atoms with Crippen molar-refractivity contribution in [2.45, 2.75) is 26.8 Å². The number of aromatic nitrogens is 1. The van der Waals surface area contributed by atoms with Gasteiger partial charge >= 0.3 is 0 Å². The van der Waals surface area contributed by atoms with Crippen LogP contribution in [0, 0.1) is 6.92 Å². The summed E-state index contributed by atoms with van der Waals surface area (Å²) in [4.78, 5) is 4.28. The van der Waals surface area contributed by atoms with Gasteiger partial charge in [-0.05, 0) is 32.0 Å². The lowest BCUT2D eigenvalue weighted by Gasteiger charge is -2.19. The molecule has 1 aromatic heterocycles. The molecule has 0 fully saturated rings. The first kappa shape index (κ1) is 10.9. The Balaban J connectivity index is 2.99. The van der Waals surface area contributed by atoms with Gasteiger partial charge in [-0.3, -0.25) is 4.98 Å². The van der Waals surface area contributed by atoms with Crippen molar-refractivity contribution >= 4 is 0 Å². The molecule has 1 N–H and O–H groups in total.